The molecular formula is C31H26ClN5O3S. The maximum atomic E-state index is 12.1. The van der Waals surface area contributed by atoms with Crippen molar-refractivity contribution < 1.29 is 13.2 Å². The molecule has 0 radical (unpaired) electrons. The van der Waals surface area contributed by atoms with Crippen molar-refractivity contribution in [2.24, 2.45) is 5.10 Å². The summed E-state index contributed by atoms with van der Waals surface area (Å²) in [5, 5.41) is 8.23. The molecule has 0 unspecified atom stereocenters. The van der Waals surface area contributed by atoms with Gasteiger partial charge in [-0.3, -0.25) is 4.72 Å². The molecule has 4 aromatic carbocycles. The Morgan fingerprint density at radius 1 is 0.927 bits per heavy atom. The van der Waals surface area contributed by atoms with E-state index in [2.05, 4.69) is 4.72 Å². The molecule has 206 valence electrons. The number of benzene rings is 4. The van der Waals surface area contributed by atoms with E-state index in [9.17, 15) is 8.42 Å². The van der Waals surface area contributed by atoms with E-state index >= 15 is 0 Å². The second-order valence-corrected chi connectivity index (χ2v) is 11.9. The van der Waals surface area contributed by atoms with Gasteiger partial charge in [-0.25, -0.2) is 23.4 Å². The number of anilines is 2. The molecule has 41 heavy (non-hydrogen) atoms. The molecule has 2 heterocycles. The number of ether oxygens (including phenoxy) is 1. The highest BCUT2D eigenvalue weighted by Crippen LogP contribution is 2.41. The largest absolute Gasteiger partial charge is 0.496 e. The number of sulfonamides is 1. The number of aromatic nitrogens is 2. The zero-order valence-electron chi connectivity index (χ0n) is 22.3. The van der Waals surface area contributed by atoms with E-state index < -0.39 is 10.0 Å². The minimum absolute atomic E-state index is 0.319. The van der Waals surface area contributed by atoms with Gasteiger partial charge in [0.1, 0.15) is 5.75 Å². The molecule has 0 spiro atoms. The summed E-state index contributed by atoms with van der Waals surface area (Å²) in [5.41, 5.74) is 5.10. The number of nitrogens with one attached hydrogen (secondary N) is 1. The number of halogens is 1. The summed E-state index contributed by atoms with van der Waals surface area (Å²) in [4.78, 5) is 9.95. The average Bonchev–Trinajstić information content (AvgIpc) is 3.41. The third-order valence-electron chi connectivity index (χ3n) is 6.84. The summed E-state index contributed by atoms with van der Waals surface area (Å²) in [6, 6.07) is 30.1. The first-order valence-electron chi connectivity index (χ1n) is 12.9. The van der Waals surface area contributed by atoms with Gasteiger partial charge in [-0.1, -0.05) is 78.3 Å². The first-order chi connectivity index (χ1) is 19.8. The third kappa shape index (κ3) is 5.46. The molecule has 10 heteroatoms. The number of fused-ring (bicyclic) bond motifs is 1. The van der Waals surface area contributed by atoms with E-state index in [0.29, 0.717) is 40.1 Å². The van der Waals surface area contributed by atoms with E-state index in [1.54, 1.807) is 30.3 Å². The van der Waals surface area contributed by atoms with Crippen molar-refractivity contribution in [1.82, 2.24) is 9.97 Å². The molecule has 0 fully saturated rings. The minimum atomic E-state index is -3.51. The van der Waals surface area contributed by atoms with Crippen molar-refractivity contribution in [2.75, 3.05) is 23.1 Å². The van der Waals surface area contributed by atoms with Crippen molar-refractivity contribution in [3.8, 4) is 17.0 Å². The lowest BCUT2D eigenvalue weighted by atomic mass is 9.97. The fraction of sp³-hybridized carbons (Fsp3) is 0.129. The van der Waals surface area contributed by atoms with E-state index in [1.165, 1.54) is 0 Å². The van der Waals surface area contributed by atoms with Crippen LogP contribution in [0.2, 0.25) is 5.02 Å². The third-order valence-corrected chi connectivity index (χ3v) is 7.67. The van der Waals surface area contributed by atoms with Crippen LogP contribution in [0.25, 0.3) is 22.2 Å². The van der Waals surface area contributed by atoms with Crippen LogP contribution in [0.3, 0.4) is 0 Å². The van der Waals surface area contributed by atoms with Gasteiger partial charge in [0.15, 0.2) is 0 Å². The highest BCUT2D eigenvalue weighted by atomic mass is 35.5. The fourth-order valence-corrected chi connectivity index (χ4v) is 5.82. The molecule has 1 aliphatic heterocycles. The standard InChI is InChI=1S/C31H26ClN5O3S/c1-40-29-15-9-7-13-23(29)28-19-27(22-12-6-8-14-26(22)36-41(2,38)39)35-37(28)31-33-25-17-16-21(32)18-24(25)30(34-31)20-10-4-3-5-11-20/h3-18,28,36H,19H2,1-2H3/t28-/m1/s1. The number of rotatable bonds is 7. The van der Waals surface area contributed by atoms with Crippen molar-refractivity contribution in [2.45, 2.75) is 12.5 Å². The summed E-state index contributed by atoms with van der Waals surface area (Å²) in [5.74, 6) is 1.11. The Balaban J connectivity index is 1.56. The molecular weight excluding hydrogens is 558 g/mol. The molecule has 0 amide bonds. The van der Waals surface area contributed by atoms with Crippen LogP contribution >= 0.6 is 11.6 Å². The van der Waals surface area contributed by atoms with Crippen LogP contribution in [-0.4, -0.2) is 37.5 Å². The lowest BCUT2D eigenvalue weighted by Gasteiger charge is -2.24. The number of hydrogen-bond acceptors (Lipinski definition) is 7. The van der Waals surface area contributed by atoms with Gasteiger partial charge >= 0.3 is 0 Å². The van der Waals surface area contributed by atoms with E-state index in [4.69, 9.17) is 31.4 Å². The first kappa shape index (κ1) is 26.7. The zero-order chi connectivity index (χ0) is 28.6. The highest BCUT2D eigenvalue weighted by molar-refractivity contribution is 7.92. The van der Waals surface area contributed by atoms with Crippen LogP contribution in [0.1, 0.15) is 23.6 Å². The van der Waals surface area contributed by atoms with Crippen LogP contribution in [0.15, 0.2) is 102 Å². The molecule has 1 N–H and O–H groups in total. The predicted molar refractivity (Wildman–Crippen MR) is 164 cm³/mol. The van der Waals surface area contributed by atoms with Crippen molar-refractivity contribution in [3.63, 3.8) is 0 Å². The van der Waals surface area contributed by atoms with E-state index in [0.717, 1.165) is 34.0 Å². The lowest BCUT2D eigenvalue weighted by Crippen LogP contribution is -2.21. The van der Waals surface area contributed by atoms with Gasteiger partial charge in [0.25, 0.3) is 0 Å². The quantitative estimate of drug-likeness (QED) is 0.229. The summed E-state index contributed by atoms with van der Waals surface area (Å²) in [7, 11) is -1.88. The fourth-order valence-electron chi connectivity index (χ4n) is 5.07. The maximum Gasteiger partial charge on any atom is 0.247 e. The highest BCUT2D eigenvalue weighted by Gasteiger charge is 2.35. The van der Waals surface area contributed by atoms with Crippen molar-refractivity contribution in [1.29, 1.82) is 0 Å². The second kappa shape index (κ2) is 10.8. The summed E-state index contributed by atoms with van der Waals surface area (Å²) in [6.45, 7) is 0. The number of hydrazone groups is 1. The van der Waals surface area contributed by atoms with Crippen LogP contribution in [-0.2, 0) is 10.0 Å². The molecule has 6 rings (SSSR count). The van der Waals surface area contributed by atoms with Crippen molar-refractivity contribution in [3.05, 3.63) is 113 Å². The molecule has 0 saturated carbocycles. The van der Waals surface area contributed by atoms with E-state index in [1.807, 2.05) is 78.9 Å². The Bertz CT molecular complexity index is 1900. The van der Waals surface area contributed by atoms with Gasteiger partial charge in [0, 0.05) is 33.5 Å². The molecule has 0 aliphatic carbocycles. The predicted octanol–water partition coefficient (Wildman–Crippen LogP) is 6.69. The molecule has 1 aromatic heterocycles. The van der Waals surface area contributed by atoms with Crippen LogP contribution in [0.5, 0.6) is 5.75 Å². The van der Waals surface area contributed by atoms with Crippen LogP contribution in [0, 0.1) is 0 Å². The maximum absolute atomic E-state index is 12.1. The first-order valence-corrected chi connectivity index (χ1v) is 15.2. The summed E-state index contributed by atoms with van der Waals surface area (Å²) >= 11 is 6.38. The monoisotopic (exact) mass is 583 g/mol. The Kier molecular flexibility index (Phi) is 7.07. The summed E-state index contributed by atoms with van der Waals surface area (Å²) in [6.07, 6.45) is 1.59. The Morgan fingerprint density at radius 3 is 2.44 bits per heavy atom. The molecule has 5 aromatic rings. The number of hydrogen-bond donors (Lipinski definition) is 1. The normalized spacial score (nSPS) is 15.1. The smallest absolute Gasteiger partial charge is 0.247 e. The Morgan fingerprint density at radius 2 is 1.66 bits per heavy atom. The second-order valence-electron chi connectivity index (χ2n) is 9.67. The van der Waals surface area contributed by atoms with Gasteiger partial charge in [0.2, 0.25) is 16.0 Å². The Hall–Kier alpha value is -4.47. The zero-order valence-corrected chi connectivity index (χ0v) is 23.9. The van der Waals surface area contributed by atoms with Gasteiger partial charge in [-0.05, 0) is 30.3 Å². The van der Waals surface area contributed by atoms with Crippen molar-refractivity contribution >= 4 is 49.9 Å². The summed E-state index contributed by atoms with van der Waals surface area (Å²) < 4.78 is 32.6. The van der Waals surface area contributed by atoms with Gasteiger partial charge in [-0.2, -0.15) is 5.10 Å². The van der Waals surface area contributed by atoms with Crippen LogP contribution in [0.4, 0.5) is 11.6 Å². The SMILES string of the molecule is COc1ccccc1[C@H]1CC(c2ccccc2NS(C)(=O)=O)=NN1c1nc(-c2ccccc2)c2cc(Cl)ccc2n1. The molecule has 8 nitrogen and oxygen atoms in total. The average molecular weight is 584 g/mol. The topological polar surface area (TPSA) is 96.8 Å². The number of nitrogens with zero attached hydrogens (tertiary/aromatic N) is 4. The minimum Gasteiger partial charge on any atom is -0.496 e. The van der Waals surface area contributed by atoms with Crippen LogP contribution < -0.4 is 14.5 Å². The van der Waals surface area contributed by atoms with E-state index in [-0.39, 0.29) is 6.04 Å². The Labute approximate surface area is 243 Å². The van der Waals surface area contributed by atoms with Gasteiger partial charge < -0.3 is 4.74 Å². The van der Waals surface area contributed by atoms with Gasteiger partial charge in [-0.15, -0.1) is 0 Å². The lowest BCUT2D eigenvalue weighted by molar-refractivity contribution is 0.405. The number of methoxy groups -OCH3 is 1. The molecule has 0 saturated heterocycles. The van der Waals surface area contributed by atoms with Gasteiger partial charge in [0.05, 0.1) is 42.0 Å². The number of para-hydroxylation sites is 2. The molecule has 0 bridgehead atoms. The molecule has 1 aliphatic rings. The molecule has 1 atom stereocenters.